The molecule has 0 fully saturated rings. The van der Waals surface area contributed by atoms with Crippen molar-refractivity contribution < 1.29 is 28.6 Å². The average Bonchev–Trinajstić information content (AvgIpc) is 3.31. The van der Waals surface area contributed by atoms with Crippen molar-refractivity contribution >= 4 is 17.9 Å². The normalized spacial score (nSPS) is 12.6. The lowest BCUT2D eigenvalue weighted by Crippen LogP contribution is -2.30. The van der Waals surface area contributed by atoms with E-state index in [-0.39, 0.29) is 31.1 Å². The van der Waals surface area contributed by atoms with Gasteiger partial charge in [0.05, 0.1) is 0 Å². The monoisotopic (exact) mass is 921 g/mol. The lowest BCUT2D eigenvalue weighted by molar-refractivity contribution is -0.167. The Morgan fingerprint density at radius 1 is 0.303 bits per heavy atom. The number of carbonyl (C=O) groups excluding carboxylic acids is 3. The summed E-state index contributed by atoms with van der Waals surface area (Å²) >= 11 is 0. The van der Waals surface area contributed by atoms with Crippen LogP contribution in [0.5, 0.6) is 0 Å². The molecule has 0 heterocycles. The van der Waals surface area contributed by atoms with Crippen LogP contribution >= 0.6 is 0 Å². The van der Waals surface area contributed by atoms with Gasteiger partial charge in [-0.25, -0.2) is 0 Å². The highest BCUT2D eigenvalue weighted by Crippen LogP contribution is 2.14. The Bertz CT molecular complexity index is 1240. The highest BCUT2D eigenvalue weighted by atomic mass is 16.6. The third-order valence-electron chi connectivity index (χ3n) is 12.0. The quantitative estimate of drug-likeness (QED) is 0.0262. The molecular weight excluding hydrogens is 817 g/mol. The van der Waals surface area contributed by atoms with Crippen molar-refractivity contribution in [2.24, 2.45) is 0 Å². The molecule has 0 aliphatic carbocycles. The maximum atomic E-state index is 12.8. The molecule has 0 rings (SSSR count). The average molecular weight is 921 g/mol. The standard InChI is InChI=1S/C60H104O6/c1-4-7-10-13-16-19-22-25-28-29-30-33-35-38-41-44-47-50-53-59(62)65-56-57(66-60(63)54-51-48-45-42-39-36-32-27-24-21-18-15-12-9-6-3)55-64-58(61)52-49-46-43-40-37-34-31-26-23-20-17-14-11-8-5-2/h17-18,20-21,23-24,26-30,33,57H,4-16,19,22,25,31-32,34-56H2,1-3H3/b20-17-,21-18-,26-23-,27-24-,29-28-,33-30-. The van der Waals surface area contributed by atoms with Gasteiger partial charge in [-0.3, -0.25) is 14.4 Å². The summed E-state index contributed by atoms with van der Waals surface area (Å²) in [5.74, 6) is -0.923. The highest BCUT2D eigenvalue weighted by Gasteiger charge is 2.19. The summed E-state index contributed by atoms with van der Waals surface area (Å²) in [6.45, 7) is 6.55. The molecule has 0 aliphatic heterocycles. The zero-order valence-electron chi connectivity index (χ0n) is 43.4. The number of allylic oxidation sites excluding steroid dienone is 12. The van der Waals surface area contributed by atoms with Crippen molar-refractivity contribution in [1.82, 2.24) is 0 Å². The zero-order valence-corrected chi connectivity index (χ0v) is 43.4. The number of unbranched alkanes of at least 4 members (excludes halogenated alkanes) is 30. The maximum absolute atomic E-state index is 12.8. The van der Waals surface area contributed by atoms with E-state index < -0.39 is 6.10 Å². The summed E-state index contributed by atoms with van der Waals surface area (Å²) < 4.78 is 16.8. The molecule has 66 heavy (non-hydrogen) atoms. The van der Waals surface area contributed by atoms with Crippen LogP contribution < -0.4 is 0 Å². The molecule has 0 N–H and O–H groups in total. The van der Waals surface area contributed by atoms with Gasteiger partial charge in [0.15, 0.2) is 6.10 Å². The Labute approximate surface area is 408 Å². The van der Waals surface area contributed by atoms with Crippen LogP contribution in [0.15, 0.2) is 72.9 Å². The summed E-state index contributed by atoms with van der Waals surface area (Å²) in [4.78, 5) is 38.1. The molecule has 6 nitrogen and oxygen atoms in total. The van der Waals surface area contributed by atoms with E-state index in [4.69, 9.17) is 14.2 Å². The van der Waals surface area contributed by atoms with Gasteiger partial charge in [0.2, 0.25) is 0 Å². The summed E-state index contributed by atoms with van der Waals surface area (Å²) in [5, 5.41) is 0. The molecule has 0 saturated heterocycles. The number of rotatable bonds is 50. The van der Waals surface area contributed by atoms with Crippen molar-refractivity contribution in [2.75, 3.05) is 13.2 Å². The summed E-state index contributed by atoms with van der Waals surface area (Å²) in [6, 6.07) is 0. The first-order chi connectivity index (χ1) is 32.5. The predicted molar refractivity (Wildman–Crippen MR) is 284 cm³/mol. The van der Waals surface area contributed by atoms with E-state index in [1.807, 2.05) is 0 Å². The smallest absolute Gasteiger partial charge is 0.306 e. The SMILES string of the molecule is CCCCC/C=C\C=C/CCCCCCCCC(=O)OCC(COC(=O)CCCCCCC/C=C\C=C/CCCCCCCCC)OC(=O)CCCCCCCC/C=C\C=C/CCCCC. The maximum Gasteiger partial charge on any atom is 0.306 e. The van der Waals surface area contributed by atoms with Crippen molar-refractivity contribution in [3.8, 4) is 0 Å². The van der Waals surface area contributed by atoms with Crippen LogP contribution in [0.25, 0.3) is 0 Å². The molecule has 0 bridgehead atoms. The molecule has 6 heteroatoms. The second-order valence-corrected chi connectivity index (χ2v) is 18.6. The van der Waals surface area contributed by atoms with E-state index in [2.05, 4.69) is 93.7 Å². The molecule has 0 aromatic rings. The van der Waals surface area contributed by atoms with Crippen molar-refractivity contribution in [2.45, 2.75) is 277 Å². The Morgan fingerprint density at radius 2 is 0.530 bits per heavy atom. The van der Waals surface area contributed by atoms with Crippen LogP contribution in [0.1, 0.15) is 271 Å². The van der Waals surface area contributed by atoms with E-state index in [0.29, 0.717) is 19.3 Å². The van der Waals surface area contributed by atoms with E-state index in [0.717, 1.165) is 96.3 Å². The summed E-state index contributed by atoms with van der Waals surface area (Å²) in [7, 11) is 0. The van der Waals surface area contributed by atoms with Crippen LogP contribution in [0.4, 0.5) is 0 Å². The van der Waals surface area contributed by atoms with Gasteiger partial charge >= 0.3 is 17.9 Å². The second-order valence-electron chi connectivity index (χ2n) is 18.6. The Morgan fingerprint density at radius 3 is 0.833 bits per heavy atom. The molecule has 1 unspecified atom stereocenters. The van der Waals surface area contributed by atoms with Gasteiger partial charge in [-0.15, -0.1) is 0 Å². The first-order valence-electron chi connectivity index (χ1n) is 28.0. The van der Waals surface area contributed by atoms with E-state index in [9.17, 15) is 14.4 Å². The van der Waals surface area contributed by atoms with Gasteiger partial charge in [0, 0.05) is 19.3 Å². The largest absolute Gasteiger partial charge is 0.462 e. The molecule has 1 atom stereocenters. The Kier molecular flexibility index (Phi) is 51.9. The number of hydrogen-bond acceptors (Lipinski definition) is 6. The fraction of sp³-hybridized carbons (Fsp3) is 0.750. The molecule has 0 saturated carbocycles. The predicted octanol–water partition coefficient (Wildman–Crippen LogP) is 18.6. The van der Waals surface area contributed by atoms with E-state index in [1.54, 1.807) is 0 Å². The topological polar surface area (TPSA) is 78.9 Å². The van der Waals surface area contributed by atoms with Crippen LogP contribution in [-0.4, -0.2) is 37.2 Å². The fourth-order valence-electron chi connectivity index (χ4n) is 7.71. The third kappa shape index (κ3) is 51.8. The van der Waals surface area contributed by atoms with Crippen LogP contribution in [0.3, 0.4) is 0 Å². The molecule has 0 aromatic heterocycles. The summed E-state index contributed by atoms with van der Waals surface area (Å²) in [6.07, 6.45) is 68.8. The minimum Gasteiger partial charge on any atom is -0.462 e. The minimum absolute atomic E-state index is 0.0914. The van der Waals surface area contributed by atoms with Gasteiger partial charge in [-0.1, -0.05) is 229 Å². The minimum atomic E-state index is -0.793. The van der Waals surface area contributed by atoms with Crippen molar-refractivity contribution in [1.29, 1.82) is 0 Å². The number of ether oxygens (including phenoxy) is 3. The van der Waals surface area contributed by atoms with Crippen LogP contribution in [0.2, 0.25) is 0 Å². The number of carbonyl (C=O) groups is 3. The van der Waals surface area contributed by atoms with Gasteiger partial charge in [-0.05, 0) is 96.3 Å². The molecule has 0 amide bonds. The van der Waals surface area contributed by atoms with Crippen molar-refractivity contribution in [3.05, 3.63) is 72.9 Å². The molecular formula is C60H104O6. The lowest BCUT2D eigenvalue weighted by Gasteiger charge is -2.18. The van der Waals surface area contributed by atoms with E-state index in [1.165, 1.54) is 135 Å². The van der Waals surface area contributed by atoms with Gasteiger partial charge < -0.3 is 14.2 Å². The molecule has 0 radical (unpaired) electrons. The van der Waals surface area contributed by atoms with Crippen LogP contribution in [-0.2, 0) is 28.6 Å². The fourth-order valence-corrected chi connectivity index (χ4v) is 7.71. The molecule has 0 spiro atoms. The third-order valence-corrected chi connectivity index (χ3v) is 12.0. The first kappa shape index (κ1) is 62.8. The second kappa shape index (κ2) is 54.5. The molecule has 0 aliphatic rings. The van der Waals surface area contributed by atoms with Gasteiger partial charge in [-0.2, -0.15) is 0 Å². The first-order valence-corrected chi connectivity index (χ1v) is 28.0. The van der Waals surface area contributed by atoms with Crippen LogP contribution in [0, 0.1) is 0 Å². The Hall–Kier alpha value is -3.15. The number of esters is 3. The lowest BCUT2D eigenvalue weighted by atomic mass is 10.1. The highest BCUT2D eigenvalue weighted by molar-refractivity contribution is 5.71. The van der Waals surface area contributed by atoms with Gasteiger partial charge in [0.25, 0.3) is 0 Å². The number of hydrogen-bond donors (Lipinski definition) is 0. The van der Waals surface area contributed by atoms with Crippen molar-refractivity contribution in [3.63, 3.8) is 0 Å². The van der Waals surface area contributed by atoms with Gasteiger partial charge in [0.1, 0.15) is 13.2 Å². The zero-order chi connectivity index (χ0) is 47.9. The molecule has 0 aromatic carbocycles. The summed E-state index contributed by atoms with van der Waals surface area (Å²) in [5.41, 5.74) is 0. The Balaban J connectivity index is 4.44. The molecule has 380 valence electrons. The van der Waals surface area contributed by atoms with E-state index >= 15 is 0 Å².